The summed E-state index contributed by atoms with van der Waals surface area (Å²) in [6.45, 7) is 2.73. The standard InChI is InChI=1S/C11H16N2O/c1-8-6-10-9(7-14-12)4-3-5-11(10)13(8)2/h3-5,8H,6-7,12H2,1-2H3. The molecule has 0 saturated heterocycles. The summed E-state index contributed by atoms with van der Waals surface area (Å²) >= 11 is 0. The van der Waals surface area contributed by atoms with Crippen LogP contribution in [0.4, 0.5) is 5.69 Å². The number of benzene rings is 1. The second-order valence-electron chi connectivity index (χ2n) is 3.89. The average Bonchev–Trinajstić information content (AvgIpc) is 2.46. The summed E-state index contributed by atoms with van der Waals surface area (Å²) < 4.78 is 0. The molecule has 1 atom stereocenters. The van der Waals surface area contributed by atoms with Crippen molar-refractivity contribution in [3.63, 3.8) is 0 Å². The van der Waals surface area contributed by atoms with Gasteiger partial charge in [0.25, 0.3) is 0 Å². The van der Waals surface area contributed by atoms with E-state index in [1.807, 2.05) is 0 Å². The van der Waals surface area contributed by atoms with Gasteiger partial charge in [0.1, 0.15) is 0 Å². The summed E-state index contributed by atoms with van der Waals surface area (Å²) in [5, 5.41) is 0. The van der Waals surface area contributed by atoms with Gasteiger partial charge >= 0.3 is 0 Å². The van der Waals surface area contributed by atoms with E-state index in [4.69, 9.17) is 10.7 Å². The highest BCUT2D eigenvalue weighted by Gasteiger charge is 2.24. The van der Waals surface area contributed by atoms with Gasteiger partial charge in [-0.2, -0.15) is 0 Å². The van der Waals surface area contributed by atoms with Crippen molar-refractivity contribution in [2.45, 2.75) is 26.0 Å². The lowest BCUT2D eigenvalue weighted by molar-refractivity contribution is 0.123. The second kappa shape index (κ2) is 3.59. The number of nitrogens with zero attached hydrogens (tertiary/aromatic N) is 1. The topological polar surface area (TPSA) is 38.5 Å². The van der Waals surface area contributed by atoms with Gasteiger partial charge in [-0.3, -0.25) is 4.84 Å². The van der Waals surface area contributed by atoms with E-state index < -0.39 is 0 Å². The molecule has 1 unspecified atom stereocenters. The molecule has 76 valence electrons. The molecule has 0 aliphatic carbocycles. The minimum atomic E-state index is 0.504. The first-order chi connectivity index (χ1) is 6.74. The van der Waals surface area contributed by atoms with E-state index in [2.05, 4.69) is 37.1 Å². The number of fused-ring (bicyclic) bond motifs is 1. The molecule has 1 aromatic rings. The SMILES string of the molecule is CC1Cc2c(CON)cccc2N1C. The van der Waals surface area contributed by atoms with Crippen molar-refractivity contribution in [3.8, 4) is 0 Å². The third kappa shape index (κ3) is 1.38. The third-order valence-corrected chi connectivity index (χ3v) is 3.03. The van der Waals surface area contributed by atoms with Crippen molar-refractivity contribution in [2.75, 3.05) is 11.9 Å². The first-order valence-corrected chi connectivity index (χ1v) is 4.89. The van der Waals surface area contributed by atoms with Gasteiger partial charge in [0.2, 0.25) is 0 Å². The Hall–Kier alpha value is -1.06. The van der Waals surface area contributed by atoms with Crippen molar-refractivity contribution in [1.82, 2.24) is 0 Å². The van der Waals surface area contributed by atoms with E-state index in [-0.39, 0.29) is 0 Å². The number of likely N-dealkylation sites (N-methyl/N-ethyl adjacent to an activating group) is 1. The van der Waals surface area contributed by atoms with Crippen LogP contribution in [0.5, 0.6) is 0 Å². The highest BCUT2D eigenvalue weighted by Crippen LogP contribution is 2.33. The minimum Gasteiger partial charge on any atom is -0.371 e. The van der Waals surface area contributed by atoms with Crippen molar-refractivity contribution in [3.05, 3.63) is 29.3 Å². The summed E-state index contributed by atoms with van der Waals surface area (Å²) in [6.07, 6.45) is 1.09. The first kappa shape index (κ1) is 9.49. The van der Waals surface area contributed by atoms with E-state index in [9.17, 15) is 0 Å². The molecular formula is C11H16N2O. The van der Waals surface area contributed by atoms with Crippen LogP contribution in [0.1, 0.15) is 18.1 Å². The predicted molar refractivity (Wildman–Crippen MR) is 57.0 cm³/mol. The van der Waals surface area contributed by atoms with Crippen LogP contribution < -0.4 is 10.8 Å². The Bertz CT molecular complexity index is 338. The Morgan fingerprint density at radius 2 is 2.36 bits per heavy atom. The Morgan fingerprint density at radius 1 is 1.57 bits per heavy atom. The van der Waals surface area contributed by atoms with E-state index in [1.165, 1.54) is 16.8 Å². The van der Waals surface area contributed by atoms with Crippen LogP contribution in [-0.2, 0) is 17.9 Å². The largest absolute Gasteiger partial charge is 0.371 e. The third-order valence-electron chi connectivity index (χ3n) is 3.03. The highest BCUT2D eigenvalue weighted by molar-refractivity contribution is 5.61. The maximum Gasteiger partial charge on any atom is 0.0933 e. The fourth-order valence-electron chi connectivity index (χ4n) is 2.08. The molecule has 3 nitrogen and oxygen atoms in total. The molecule has 1 aliphatic rings. The molecule has 2 N–H and O–H groups in total. The van der Waals surface area contributed by atoms with Gasteiger partial charge < -0.3 is 4.90 Å². The Labute approximate surface area is 84.4 Å². The van der Waals surface area contributed by atoms with Crippen LogP contribution in [0.3, 0.4) is 0 Å². The van der Waals surface area contributed by atoms with Crippen LogP contribution in [-0.4, -0.2) is 13.1 Å². The molecule has 2 rings (SSSR count). The van der Waals surface area contributed by atoms with Crippen molar-refractivity contribution < 1.29 is 4.84 Å². The van der Waals surface area contributed by atoms with Gasteiger partial charge in [0, 0.05) is 18.8 Å². The zero-order valence-corrected chi connectivity index (χ0v) is 8.66. The molecule has 0 spiro atoms. The molecule has 1 heterocycles. The summed E-state index contributed by atoms with van der Waals surface area (Å²) in [5.41, 5.74) is 3.90. The molecule has 0 radical (unpaired) electrons. The Kier molecular flexibility index (Phi) is 2.44. The average molecular weight is 192 g/mol. The normalized spacial score (nSPS) is 19.9. The van der Waals surface area contributed by atoms with Crippen LogP contribution in [0.2, 0.25) is 0 Å². The lowest BCUT2D eigenvalue weighted by Crippen LogP contribution is -2.23. The fourth-order valence-corrected chi connectivity index (χ4v) is 2.08. The zero-order valence-electron chi connectivity index (χ0n) is 8.66. The maximum atomic E-state index is 5.11. The number of rotatable bonds is 2. The number of anilines is 1. The first-order valence-electron chi connectivity index (χ1n) is 4.89. The minimum absolute atomic E-state index is 0.504. The molecule has 0 fully saturated rings. The monoisotopic (exact) mass is 192 g/mol. The molecule has 1 aromatic carbocycles. The Balaban J connectivity index is 2.40. The van der Waals surface area contributed by atoms with Gasteiger partial charge in [0.15, 0.2) is 0 Å². The number of hydrogen-bond donors (Lipinski definition) is 1. The second-order valence-corrected chi connectivity index (χ2v) is 3.89. The van der Waals surface area contributed by atoms with Crippen molar-refractivity contribution >= 4 is 5.69 Å². The van der Waals surface area contributed by atoms with Crippen molar-refractivity contribution in [2.24, 2.45) is 5.90 Å². The predicted octanol–water partition coefficient (Wildman–Crippen LogP) is 1.46. The van der Waals surface area contributed by atoms with Crippen LogP contribution in [0, 0.1) is 0 Å². The van der Waals surface area contributed by atoms with E-state index in [1.54, 1.807) is 0 Å². The lowest BCUT2D eigenvalue weighted by Gasteiger charge is -2.18. The van der Waals surface area contributed by atoms with Gasteiger partial charge in [-0.15, -0.1) is 0 Å². The van der Waals surface area contributed by atoms with E-state index in [0.717, 1.165) is 6.42 Å². The number of nitrogens with two attached hydrogens (primary N) is 1. The zero-order chi connectivity index (χ0) is 10.1. The summed E-state index contributed by atoms with van der Waals surface area (Å²) in [5.74, 6) is 5.11. The van der Waals surface area contributed by atoms with E-state index in [0.29, 0.717) is 12.6 Å². The Morgan fingerprint density at radius 3 is 3.07 bits per heavy atom. The number of hydrogen-bond acceptors (Lipinski definition) is 3. The van der Waals surface area contributed by atoms with Crippen LogP contribution in [0.15, 0.2) is 18.2 Å². The molecule has 3 heteroatoms. The maximum absolute atomic E-state index is 5.11. The molecule has 0 amide bonds. The molecule has 0 aromatic heterocycles. The fraction of sp³-hybridized carbons (Fsp3) is 0.455. The van der Waals surface area contributed by atoms with Gasteiger partial charge in [0.05, 0.1) is 6.61 Å². The molecular weight excluding hydrogens is 176 g/mol. The molecule has 1 aliphatic heterocycles. The molecule has 14 heavy (non-hydrogen) atoms. The van der Waals surface area contributed by atoms with Gasteiger partial charge in [-0.25, -0.2) is 5.90 Å². The summed E-state index contributed by atoms with van der Waals surface area (Å²) in [7, 11) is 2.13. The molecule has 0 bridgehead atoms. The van der Waals surface area contributed by atoms with Gasteiger partial charge in [-0.1, -0.05) is 12.1 Å². The highest BCUT2D eigenvalue weighted by atomic mass is 16.6. The summed E-state index contributed by atoms with van der Waals surface area (Å²) in [6, 6.07) is 6.86. The van der Waals surface area contributed by atoms with Crippen LogP contribution in [0.25, 0.3) is 0 Å². The molecule has 0 saturated carbocycles. The van der Waals surface area contributed by atoms with Gasteiger partial charge in [-0.05, 0) is 30.5 Å². The van der Waals surface area contributed by atoms with E-state index >= 15 is 0 Å². The quantitative estimate of drug-likeness (QED) is 0.721. The van der Waals surface area contributed by atoms with Crippen LogP contribution >= 0.6 is 0 Å². The smallest absolute Gasteiger partial charge is 0.0933 e. The summed E-state index contributed by atoms with van der Waals surface area (Å²) in [4.78, 5) is 7.01. The van der Waals surface area contributed by atoms with Crippen molar-refractivity contribution in [1.29, 1.82) is 0 Å². The lowest BCUT2D eigenvalue weighted by atomic mass is 10.0.